The Labute approximate surface area is 130 Å². The van der Waals surface area contributed by atoms with Gasteiger partial charge in [0.2, 0.25) is 0 Å². The molecule has 4 aliphatic rings. The molecule has 0 amide bonds. The molecule has 2 fully saturated rings. The standard InChI is InChI=1S/C18H20O4/c1-2-17(3-5-18(6-4-17)21-9-10-22-18)14-12-16-15(11-13(1)14)19-7-8-20-16/h1-2,11-12H,3-10H2. The minimum atomic E-state index is -0.310. The zero-order chi connectivity index (χ0) is 14.6. The fourth-order valence-electron chi connectivity index (χ4n) is 4.31. The Kier molecular flexibility index (Phi) is 2.65. The summed E-state index contributed by atoms with van der Waals surface area (Å²) in [7, 11) is 0. The molecule has 2 aliphatic carbocycles. The smallest absolute Gasteiger partial charge is 0.168 e. The average molecular weight is 300 g/mol. The molecule has 2 aliphatic heterocycles. The Bertz CT molecular complexity index is 633. The summed E-state index contributed by atoms with van der Waals surface area (Å²) in [6, 6.07) is 4.32. The van der Waals surface area contributed by atoms with Crippen molar-refractivity contribution in [3.63, 3.8) is 0 Å². The minimum Gasteiger partial charge on any atom is -0.486 e. The first-order chi connectivity index (χ1) is 10.8. The molecule has 4 heteroatoms. The highest BCUT2D eigenvalue weighted by Crippen LogP contribution is 2.52. The normalized spacial score (nSPS) is 26.5. The lowest BCUT2D eigenvalue weighted by atomic mass is 9.69. The fraction of sp³-hybridized carbons (Fsp3) is 0.556. The van der Waals surface area contributed by atoms with Gasteiger partial charge in [0.1, 0.15) is 13.2 Å². The van der Waals surface area contributed by atoms with E-state index in [0.29, 0.717) is 13.2 Å². The summed E-state index contributed by atoms with van der Waals surface area (Å²) < 4.78 is 23.2. The van der Waals surface area contributed by atoms with Crippen molar-refractivity contribution in [2.75, 3.05) is 26.4 Å². The summed E-state index contributed by atoms with van der Waals surface area (Å²) >= 11 is 0. The third kappa shape index (κ3) is 1.77. The van der Waals surface area contributed by atoms with Crippen molar-refractivity contribution in [1.29, 1.82) is 0 Å². The van der Waals surface area contributed by atoms with Crippen molar-refractivity contribution in [3.05, 3.63) is 29.3 Å². The molecule has 1 saturated heterocycles. The number of hydrogen-bond donors (Lipinski definition) is 0. The van der Waals surface area contributed by atoms with E-state index >= 15 is 0 Å². The van der Waals surface area contributed by atoms with Gasteiger partial charge in [-0.2, -0.15) is 0 Å². The Morgan fingerprint density at radius 2 is 1.45 bits per heavy atom. The molecule has 1 aromatic rings. The molecule has 1 saturated carbocycles. The zero-order valence-electron chi connectivity index (χ0n) is 12.6. The molecule has 0 aromatic heterocycles. The molecule has 116 valence electrons. The van der Waals surface area contributed by atoms with Crippen LogP contribution in [0.3, 0.4) is 0 Å². The Balaban J connectivity index is 1.48. The molecule has 0 atom stereocenters. The quantitative estimate of drug-likeness (QED) is 0.738. The number of hydrogen-bond acceptors (Lipinski definition) is 4. The Hall–Kier alpha value is -1.52. The van der Waals surface area contributed by atoms with Crippen LogP contribution in [0.15, 0.2) is 18.2 Å². The SMILES string of the molecule is C1=CC2(CCC3(CC2)OCCO3)c2cc3c(cc21)OCCO3. The van der Waals surface area contributed by atoms with Gasteiger partial charge < -0.3 is 18.9 Å². The number of benzene rings is 1. The van der Waals surface area contributed by atoms with E-state index in [1.165, 1.54) is 11.1 Å². The second kappa shape index (κ2) is 4.49. The van der Waals surface area contributed by atoms with Crippen LogP contribution in [0.25, 0.3) is 6.08 Å². The lowest BCUT2D eigenvalue weighted by molar-refractivity contribution is -0.182. The van der Waals surface area contributed by atoms with Gasteiger partial charge in [-0.1, -0.05) is 12.2 Å². The van der Waals surface area contributed by atoms with Gasteiger partial charge in [0, 0.05) is 18.3 Å². The molecule has 5 rings (SSSR count). The maximum absolute atomic E-state index is 5.87. The molecule has 4 nitrogen and oxygen atoms in total. The van der Waals surface area contributed by atoms with Gasteiger partial charge in [0.25, 0.3) is 0 Å². The number of fused-ring (bicyclic) bond motifs is 3. The molecule has 22 heavy (non-hydrogen) atoms. The first-order valence-corrected chi connectivity index (χ1v) is 8.20. The van der Waals surface area contributed by atoms with Crippen LogP contribution in [0.4, 0.5) is 0 Å². The van der Waals surface area contributed by atoms with Crippen molar-refractivity contribution < 1.29 is 18.9 Å². The van der Waals surface area contributed by atoms with E-state index < -0.39 is 0 Å². The lowest BCUT2D eigenvalue weighted by Gasteiger charge is -2.41. The molecule has 0 radical (unpaired) electrons. The molecular formula is C18H20O4. The molecule has 0 unspecified atom stereocenters. The first-order valence-electron chi connectivity index (χ1n) is 8.20. The molecular weight excluding hydrogens is 280 g/mol. The second-order valence-corrected chi connectivity index (χ2v) is 6.68. The molecule has 2 heterocycles. The monoisotopic (exact) mass is 300 g/mol. The topological polar surface area (TPSA) is 36.9 Å². The van der Waals surface area contributed by atoms with Crippen LogP contribution in [0.1, 0.15) is 36.8 Å². The van der Waals surface area contributed by atoms with E-state index in [1.807, 2.05) is 0 Å². The highest BCUT2D eigenvalue weighted by Gasteiger charge is 2.47. The van der Waals surface area contributed by atoms with Gasteiger partial charge in [-0.15, -0.1) is 0 Å². The maximum atomic E-state index is 5.87. The van der Waals surface area contributed by atoms with Crippen molar-refractivity contribution in [2.45, 2.75) is 36.9 Å². The van der Waals surface area contributed by atoms with Gasteiger partial charge in [0.15, 0.2) is 17.3 Å². The highest BCUT2D eigenvalue weighted by molar-refractivity contribution is 5.69. The van der Waals surface area contributed by atoms with Crippen molar-refractivity contribution in [2.24, 2.45) is 0 Å². The summed E-state index contributed by atoms with van der Waals surface area (Å²) in [6.45, 7) is 2.74. The van der Waals surface area contributed by atoms with Gasteiger partial charge >= 0.3 is 0 Å². The van der Waals surface area contributed by atoms with Crippen molar-refractivity contribution in [3.8, 4) is 11.5 Å². The second-order valence-electron chi connectivity index (χ2n) is 6.68. The molecule has 0 bridgehead atoms. The minimum absolute atomic E-state index is 0.117. The van der Waals surface area contributed by atoms with Crippen LogP contribution >= 0.6 is 0 Å². The van der Waals surface area contributed by atoms with Crippen LogP contribution in [-0.4, -0.2) is 32.2 Å². The maximum Gasteiger partial charge on any atom is 0.168 e. The van der Waals surface area contributed by atoms with E-state index in [9.17, 15) is 0 Å². The summed E-state index contributed by atoms with van der Waals surface area (Å²) in [6.07, 6.45) is 8.66. The van der Waals surface area contributed by atoms with Gasteiger partial charge in [-0.05, 0) is 36.1 Å². The number of rotatable bonds is 0. The molecule has 2 spiro atoms. The summed E-state index contributed by atoms with van der Waals surface area (Å²) in [5, 5.41) is 0. The third-order valence-electron chi connectivity index (χ3n) is 5.55. The van der Waals surface area contributed by atoms with Crippen LogP contribution in [0.2, 0.25) is 0 Å². The van der Waals surface area contributed by atoms with E-state index in [0.717, 1.165) is 50.4 Å². The predicted octanol–water partition coefficient (Wildman–Crippen LogP) is 3.04. The number of ether oxygens (including phenoxy) is 4. The van der Waals surface area contributed by atoms with Crippen LogP contribution in [0.5, 0.6) is 11.5 Å². The van der Waals surface area contributed by atoms with Crippen LogP contribution in [-0.2, 0) is 14.9 Å². The van der Waals surface area contributed by atoms with Gasteiger partial charge in [-0.25, -0.2) is 0 Å². The van der Waals surface area contributed by atoms with E-state index in [2.05, 4.69) is 24.3 Å². The fourth-order valence-corrected chi connectivity index (χ4v) is 4.31. The third-order valence-corrected chi connectivity index (χ3v) is 5.55. The van der Waals surface area contributed by atoms with E-state index in [4.69, 9.17) is 18.9 Å². The largest absolute Gasteiger partial charge is 0.486 e. The first kappa shape index (κ1) is 13.0. The van der Waals surface area contributed by atoms with E-state index in [-0.39, 0.29) is 11.2 Å². The van der Waals surface area contributed by atoms with Crippen molar-refractivity contribution >= 4 is 6.08 Å². The summed E-state index contributed by atoms with van der Waals surface area (Å²) in [4.78, 5) is 0. The average Bonchev–Trinajstić information content (AvgIpc) is 3.15. The van der Waals surface area contributed by atoms with Crippen LogP contribution < -0.4 is 9.47 Å². The highest BCUT2D eigenvalue weighted by atomic mass is 16.7. The summed E-state index contributed by atoms with van der Waals surface area (Å²) in [5.74, 6) is 1.46. The molecule has 1 aromatic carbocycles. The van der Waals surface area contributed by atoms with Gasteiger partial charge in [-0.3, -0.25) is 0 Å². The summed E-state index contributed by atoms with van der Waals surface area (Å²) in [5.41, 5.74) is 2.77. The van der Waals surface area contributed by atoms with Gasteiger partial charge in [0.05, 0.1) is 13.2 Å². The number of allylic oxidation sites excluding steroid dienone is 1. The Morgan fingerprint density at radius 1 is 0.773 bits per heavy atom. The predicted molar refractivity (Wildman–Crippen MR) is 81.2 cm³/mol. The van der Waals surface area contributed by atoms with Crippen molar-refractivity contribution in [1.82, 2.24) is 0 Å². The Morgan fingerprint density at radius 3 is 2.18 bits per heavy atom. The zero-order valence-corrected chi connectivity index (χ0v) is 12.6. The van der Waals surface area contributed by atoms with Crippen LogP contribution in [0, 0.1) is 0 Å². The lowest BCUT2D eigenvalue weighted by Crippen LogP contribution is -2.40. The van der Waals surface area contributed by atoms with E-state index in [1.54, 1.807) is 0 Å². The molecule has 0 N–H and O–H groups in total.